The minimum absolute atomic E-state index is 0.0257. The molecule has 0 unspecified atom stereocenters. The number of halogens is 2. The number of nitrogens with zero attached hydrogens (tertiary/aromatic N) is 1. The van der Waals surface area contributed by atoms with E-state index in [2.05, 4.69) is 0 Å². The van der Waals surface area contributed by atoms with Gasteiger partial charge in [0.1, 0.15) is 0 Å². The maximum atomic E-state index is 12.6. The average Bonchev–Trinajstić information content (AvgIpc) is 2.61. The van der Waals surface area contributed by atoms with Gasteiger partial charge in [-0.25, -0.2) is 0 Å². The number of ether oxygens (including phenoxy) is 1. The maximum absolute atomic E-state index is 12.6. The Morgan fingerprint density at radius 2 is 1.88 bits per heavy atom. The molecule has 0 N–H and O–H groups in total. The smallest absolute Gasteiger partial charge is 0.253 e. The van der Waals surface area contributed by atoms with Gasteiger partial charge in [0.05, 0.1) is 12.7 Å². The number of piperidine rings is 1. The highest BCUT2D eigenvalue weighted by Crippen LogP contribution is 2.21. The lowest BCUT2D eigenvalue weighted by atomic mass is 10.1. The summed E-state index contributed by atoms with van der Waals surface area (Å²) in [6.45, 7) is 1.83. The van der Waals surface area contributed by atoms with Crippen LogP contribution in [-0.4, -0.2) is 30.0 Å². The fourth-order valence-corrected chi connectivity index (χ4v) is 3.17. The van der Waals surface area contributed by atoms with Crippen LogP contribution >= 0.6 is 23.2 Å². The van der Waals surface area contributed by atoms with Crippen LogP contribution in [0.2, 0.25) is 10.0 Å². The molecule has 0 spiro atoms. The lowest BCUT2D eigenvalue weighted by Crippen LogP contribution is -2.43. The lowest BCUT2D eigenvalue weighted by Gasteiger charge is -2.32. The monoisotopic (exact) mass is 363 g/mol. The summed E-state index contributed by atoms with van der Waals surface area (Å²) in [6, 6.07) is 14.7. The van der Waals surface area contributed by atoms with Crippen molar-refractivity contribution < 1.29 is 9.53 Å². The van der Waals surface area contributed by atoms with Crippen LogP contribution in [0.5, 0.6) is 0 Å². The van der Waals surface area contributed by atoms with Crippen LogP contribution < -0.4 is 0 Å². The van der Waals surface area contributed by atoms with Crippen molar-refractivity contribution >= 4 is 29.1 Å². The predicted octanol–water partition coefficient (Wildman–Crippen LogP) is 4.81. The fraction of sp³-hybridized carbons (Fsp3) is 0.316. The van der Waals surface area contributed by atoms with Gasteiger partial charge >= 0.3 is 0 Å². The van der Waals surface area contributed by atoms with E-state index in [4.69, 9.17) is 27.9 Å². The highest BCUT2D eigenvalue weighted by molar-refractivity contribution is 6.31. The molecule has 1 aliphatic rings. The van der Waals surface area contributed by atoms with E-state index in [0.29, 0.717) is 28.8 Å². The summed E-state index contributed by atoms with van der Waals surface area (Å²) in [5.41, 5.74) is 1.63. The van der Waals surface area contributed by atoms with Gasteiger partial charge in [0.25, 0.3) is 5.91 Å². The summed E-state index contributed by atoms with van der Waals surface area (Å²) in [4.78, 5) is 14.4. The molecule has 24 heavy (non-hydrogen) atoms. The number of carbonyl (C=O) groups is 1. The molecule has 1 heterocycles. The maximum Gasteiger partial charge on any atom is 0.253 e. The first-order valence-corrected chi connectivity index (χ1v) is 8.79. The van der Waals surface area contributed by atoms with Crippen molar-refractivity contribution in [3.63, 3.8) is 0 Å². The normalized spacial score (nSPS) is 17.8. The van der Waals surface area contributed by atoms with Gasteiger partial charge in [0.15, 0.2) is 0 Å². The molecular weight excluding hydrogens is 345 g/mol. The largest absolute Gasteiger partial charge is 0.372 e. The molecular formula is C19H19Cl2NO2. The average molecular weight is 364 g/mol. The van der Waals surface area contributed by atoms with Gasteiger partial charge in [-0.05, 0) is 48.7 Å². The van der Waals surface area contributed by atoms with Crippen molar-refractivity contribution in [1.29, 1.82) is 0 Å². The molecule has 5 heteroatoms. The second-order valence-electron chi connectivity index (χ2n) is 5.92. The van der Waals surface area contributed by atoms with E-state index in [1.807, 2.05) is 29.2 Å². The molecule has 1 aliphatic heterocycles. The zero-order valence-electron chi connectivity index (χ0n) is 13.3. The van der Waals surface area contributed by atoms with Crippen LogP contribution in [0.25, 0.3) is 0 Å². The van der Waals surface area contributed by atoms with Crippen molar-refractivity contribution in [2.24, 2.45) is 0 Å². The second kappa shape index (κ2) is 8.02. The molecule has 1 saturated heterocycles. The fourth-order valence-electron chi connectivity index (χ4n) is 2.86. The van der Waals surface area contributed by atoms with E-state index in [0.717, 1.165) is 24.9 Å². The Labute approximate surface area is 152 Å². The Bertz CT molecular complexity index is 703. The number of carbonyl (C=O) groups excluding carboxylic acids is 1. The third kappa shape index (κ3) is 4.29. The molecule has 0 saturated carbocycles. The highest BCUT2D eigenvalue weighted by atomic mass is 35.5. The van der Waals surface area contributed by atoms with E-state index in [1.54, 1.807) is 24.3 Å². The van der Waals surface area contributed by atoms with Gasteiger partial charge in [-0.1, -0.05) is 41.4 Å². The Hall–Kier alpha value is -1.55. The molecule has 126 valence electrons. The van der Waals surface area contributed by atoms with Gasteiger partial charge in [-0.3, -0.25) is 4.79 Å². The molecule has 0 bridgehead atoms. The van der Waals surface area contributed by atoms with Gasteiger partial charge < -0.3 is 9.64 Å². The van der Waals surface area contributed by atoms with Gasteiger partial charge in [0, 0.05) is 28.7 Å². The minimum Gasteiger partial charge on any atom is -0.372 e. The summed E-state index contributed by atoms with van der Waals surface area (Å²) < 4.78 is 5.99. The summed E-state index contributed by atoms with van der Waals surface area (Å²) in [5, 5.41) is 1.34. The van der Waals surface area contributed by atoms with Crippen molar-refractivity contribution in [3.05, 3.63) is 69.7 Å². The molecule has 1 atom stereocenters. The lowest BCUT2D eigenvalue weighted by molar-refractivity contribution is -0.00670. The Morgan fingerprint density at radius 1 is 1.12 bits per heavy atom. The van der Waals surface area contributed by atoms with Gasteiger partial charge in [-0.2, -0.15) is 0 Å². The molecule has 0 radical (unpaired) electrons. The summed E-state index contributed by atoms with van der Waals surface area (Å²) in [6.07, 6.45) is 1.92. The van der Waals surface area contributed by atoms with E-state index >= 15 is 0 Å². The number of amides is 1. The van der Waals surface area contributed by atoms with Crippen molar-refractivity contribution in [1.82, 2.24) is 4.90 Å². The van der Waals surface area contributed by atoms with E-state index in [-0.39, 0.29) is 12.0 Å². The number of benzene rings is 2. The Kier molecular flexibility index (Phi) is 5.77. The first-order valence-electron chi connectivity index (χ1n) is 8.03. The minimum atomic E-state index is 0.0257. The zero-order valence-corrected chi connectivity index (χ0v) is 14.8. The molecule has 3 rings (SSSR count). The van der Waals surface area contributed by atoms with E-state index in [9.17, 15) is 4.79 Å². The van der Waals surface area contributed by atoms with Crippen LogP contribution in [0.4, 0.5) is 0 Å². The number of hydrogen-bond acceptors (Lipinski definition) is 2. The SMILES string of the molecule is O=C(c1ccc(Cl)cc1)N1CCC[C@@H](OCc2ccccc2Cl)C1. The van der Waals surface area contributed by atoms with Gasteiger partial charge in [-0.15, -0.1) is 0 Å². The molecule has 1 fully saturated rings. The molecule has 2 aromatic carbocycles. The predicted molar refractivity (Wildman–Crippen MR) is 96.6 cm³/mol. The number of hydrogen-bond donors (Lipinski definition) is 0. The highest BCUT2D eigenvalue weighted by Gasteiger charge is 2.25. The number of likely N-dealkylation sites (tertiary alicyclic amines) is 1. The van der Waals surface area contributed by atoms with Crippen LogP contribution in [0.1, 0.15) is 28.8 Å². The number of rotatable bonds is 4. The quantitative estimate of drug-likeness (QED) is 0.779. The van der Waals surface area contributed by atoms with Crippen LogP contribution in [0.3, 0.4) is 0 Å². The molecule has 3 nitrogen and oxygen atoms in total. The van der Waals surface area contributed by atoms with E-state index < -0.39 is 0 Å². The van der Waals surface area contributed by atoms with Crippen LogP contribution in [0, 0.1) is 0 Å². The first kappa shape index (κ1) is 17.3. The topological polar surface area (TPSA) is 29.5 Å². The molecule has 1 amide bonds. The third-order valence-electron chi connectivity index (χ3n) is 4.19. The molecule has 0 aromatic heterocycles. The zero-order chi connectivity index (χ0) is 16.9. The molecule has 2 aromatic rings. The van der Waals surface area contributed by atoms with Crippen LogP contribution in [0.15, 0.2) is 48.5 Å². The Morgan fingerprint density at radius 3 is 2.62 bits per heavy atom. The second-order valence-corrected chi connectivity index (χ2v) is 6.77. The van der Waals surface area contributed by atoms with Crippen molar-refractivity contribution in [3.8, 4) is 0 Å². The standard InChI is InChI=1S/C19H19Cl2NO2/c20-16-9-7-14(8-10-16)19(23)22-11-3-5-17(12-22)24-13-15-4-1-2-6-18(15)21/h1-2,4,6-10,17H,3,5,11-13H2/t17-/m1/s1. The molecule has 0 aliphatic carbocycles. The first-order chi connectivity index (χ1) is 11.6. The summed E-state index contributed by atoms with van der Waals surface area (Å²) >= 11 is 12.0. The van der Waals surface area contributed by atoms with Crippen molar-refractivity contribution in [2.45, 2.75) is 25.6 Å². The van der Waals surface area contributed by atoms with Crippen LogP contribution in [-0.2, 0) is 11.3 Å². The van der Waals surface area contributed by atoms with Gasteiger partial charge in [0.2, 0.25) is 0 Å². The summed E-state index contributed by atoms with van der Waals surface area (Å²) in [7, 11) is 0. The van der Waals surface area contributed by atoms with Crippen molar-refractivity contribution in [2.75, 3.05) is 13.1 Å². The third-order valence-corrected chi connectivity index (χ3v) is 4.81. The Balaban J connectivity index is 1.59. The van der Waals surface area contributed by atoms with E-state index in [1.165, 1.54) is 0 Å². The summed E-state index contributed by atoms with van der Waals surface area (Å²) in [5.74, 6) is 0.0257.